The Morgan fingerprint density at radius 3 is 1.94 bits per heavy atom. The summed E-state index contributed by atoms with van der Waals surface area (Å²) in [5.41, 5.74) is 5.47. The van der Waals surface area contributed by atoms with Gasteiger partial charge in [-0.15, -0.1) is 0 Å². The van der Waals surface area contributed by atoms with Crippen molar-refractivity contribution in [1.82, 2.24) is 15.1 Å². The molecule has 0 bridgehead atoms. The third-order valence-corrected chi connectivity index (χ3v) is 6.77. The van der Waals surface area contributed by atoms with Gasteiger partial charge in [0.2, 0.25) is 11.8 Å². The SMILES string of the molecule is CCc1ccccc1NC(=O)CN1CCN(CC(=O)NC(C)c2ccc(-c3ccccc3)cc2)CC1. The number of aryl methyl sites for hydroxylation is 1. The van der Waals surface area contributed by atoms with Crippen molar-refractivity contribution in [2.75, 3.05) is 44.6 Å². The number of rotatable bonds is 9. The predicted molar refractivity (Wildman–Crippen MR) is 146 cm³/mol. The average Bonchev–Trinajstić information content (AvgIpc) is 2.90. The third kappa shape index (κ3) is 7.03. The molecule has 3 aromatic rings. The van der Waals surface area contributed by atoms with E-state index in [-0.39, 0.29) is 17.9 Å². The Hall–Kier alpha value is -3.48. The summed E-state index contributed by atoms with van der Waals surface area (Å²) < 4.78 is 0. The largest absolute Gasteiger partial charge is 0.348 e. The third-order valence-electron chi connectivity index (χ3n) is 6.77. The number of nitrogens with zero attached hydrogens (tertiary/aromatic N) is 2. The molecule has 0 aliphatic carbocycles. The number of anilines is 1. The summed E-state index contributed by atoms with van der Waals surface area (Å²) >= 11 is 0. The van der Waals surface area contributed by atoms with Crippen molar-refractivity contribution < 1.29 is 9.59 Å². The maximum atomic E-state index is 12.7. The Kier molecular flexibility index (Phi) is 8.87. The highest BCUT2D eigenvalue weighted by Crippen LogP contribution is 2.22. The molecule has 2 amide bonds. The maximum Gasteiger partial charge on any atom is 0.238 e. The molecule has 4 rings (SSSR count). The zero-order valence-electron chi connectivity index (χ0n) is 21.2. The van der Waals surface area contributed by atoms with Gasteiger partial charge in [-0.25, -0.2) is 0 Å². The van der Waals surface area contributed by atoms with Crippen LogP contribution in [0.3, 0.4) is 0 Å². The van der Waals surface area contributed by atoms with Crippen LogP contribution in [0.15, 0.2) is 78.9 Å². The van der Waals surface area contributed by atoms with Crippen molar-refractivity contribution in [3.63, 3.8) is 0 Å². The summed E-state index contributed by atoms with van der Waals surface area (Å²) in [4.78, 5) is 29.5. The maximum absolute atomic E-state index is 12.7. The van der Waals surface area contributed by atoms with Crippen molar-refractivity contribution in [1.29, 1.82) is 0 Å². The van der Waals surface area contributed by atoms with Crippen LogP contribution in [-0.2, 0) is 16.0 Å². The van der Waals surface area contributed by atoms with Crippen molar-refractivity contribution in [3.8, 4) is 11.1 Å². The van der Waals surface area contributed by atoms with Gasteiger partial charge in [-0.2, -0.15) is 0 Å². The lowest BCUT2D eigenvalue weighted by Crippen LogP contribution is -2.51. The summed E-state index contributed by atoms with van der Waals surface area (Å²) in [5.74, 6) is 0.0335. The molecule has 1 aliphatic rings. The van der Waals surface area contributed by atoms with Gasteiger partial charge in [0.05, 0.1) is 19.1 Å². The van der Waals surface area contributed by atoms with Crippen molar-refractivity contribution in [2.45, 2.75) is 26.3 Å². The zero-order valence-corrected chi connectivity index (χ0v) is 21.2. The van der Waals surface area contributed by atoms with Crippen LogP contribution in [0.5, 0.6) is 0 Å². The number of hydrogen-bond donors (Lipinski definition) is 2. The van der Waals surface area contributed by atoms with Crippen LogP contribution in [0.1, 0.15) is 31.0 Å². The molecule has 1 fully saturated rings. The van der Waals surface area contributed by atoms with Crippen LogP contribution in [0, 0.1) is 0 Å². The molecule has 1 saturated heterocycles. The molecule has 3 aromatic carbocycles. The number of benzene rings is 3. The number of piperazine rings is 1. The van der Waals surface area contributed by atoms with Gasteiger partial charge in [-0.05, 0) is 41.7 Å². The summed E-state index contributed by atoms with van der Waals surface area (Å²) in [6.45, 7) is 7.92. The lowest BCUT2D eigenvalue weighted by Gasteiger charge is -2.34. The molecule has 36 heavy (non-hydrogen) atoms. The fourth-order valence-electron chi connectivity index (χ4n) is 4.62. The van der Waals surface area contributed by atoms with Gasteiger partial charge in [-0.1, -0.05) is 79.7 Å². The number of carbonyl (C=O) groups excluding carboxylic acids is 2. The van der Waals surface area contributed by atoms with Gasteiger partial charge in [0.1, 0.15) is 0 Å². The lowest BCUT2D eigenvalue weighted by atomic mass is 10.0. The summed E-state index contributed by atoms with van der Waals surface area (Å²) in [7, 11) is 0. The first-order chi connectivity index (χ1) is 17.5. The molecule has 0 saturated carbocycles. The monoisotopic (exact) mass is 484 g/mol. The highest BCUT2D eigenvalue weighted by molar-refractivity contribution is 5.93. The van der Waals surface area contributed by atoms with E-state index in [1.807, 2.05) is 49.4 Å². The minimum Gasteiger partial charge on any atom is -0.348 e. The Morgan fingerprint density at radius 1 is 0.750 bits per heavy atom. The summed E-state index contributed by atoms with van der Waals surface area (Å²) in [5, 5.41) is 6.17. The molecular formula is C30H36N4O2. The van der Waals surface area contributed by atoms with Crippen molar-refractivity contribution in [2.24, 2.45) is 0 Å². The molecule has 1 heterocycles. The van der Waals surface area contributed by atoms with E-state index in [0.717, 1.165) is 49.4 Å². The molecule has 188 valence electrons. The molecule has 2 N–H and O–H groups in total. The van der Waals surface area contributed by atoms with Gasteiger partial charge < -0.3 is 10.6 Å². The van der Waals surface area contributed by atoms with Gasteiger partial charge >= 0.3 is 0 Å². The van der Waals surface area contributed by atoms with Gasteiger partial charge in [-0.3, -0.25) is 19.4 Å². The Balaban J connectivity index is 1.19. The molecule has 1 aliphatic heterocycles. The average molecular weight is 485 g/mol. The molecule has 1 atom stereocenters. The Bertz CT molecular complexity index is 1140. The number of para-hydroxylation sites is 1. The first-order valence-electron chi connectivity index (χ1n) is 12.8. The quantitative estimate of drug-likeness (QED) is 0.474. The molecule has 1 unspecified atom stereocenters. The highest BCUT2D eigenvalue weighted by atomic mass is 16.2. The minimum absolute atomic E-state index is 0.00852. The lowest BCUT2D eigenvalue weighted by molar-refractivity contribution is -0.124. The topological polar surface area (TPSA) is 64.7 Å². The Labute approximate surface area is 214 Å². The standard InChI is InChI=1S/C30H36N4O2/c1-3-24-9-7-8-12-28(24)32-30(36)22-34-19-17-33(18-20-34)21-29(35)31-23(2)25-13-15-27(16-14-25)26-10-5-4-6-11-26/h4-16,23H,3,17-22H2,1-2H3,(H,31,35)(H,32,36). The van der Waals surface area contributed by atoms with Crippen molar-refractivity contribution in [3.05, 3.63) is 90.0 Å². The highest BCUT2D eigenvalue weighted by Gasteiger charge is 2.21. The molecule has 6 heteroatoms. The smallest absolute Gasteiger partial charge is 0.238 e. The van der Waals surface area contributed by atoms with Crippen LogP contribution >= 0.6 is 0 Å². The van der Waals surface area contributed by atoms with E-state index in [4.69, 9.17) is 0 Å². The van der Waals surface area contributed by atoms with E-state index in [2.05, 4.69) is 63.8 Å². The van der Waals surface area contributed by atoms with Crippen LogP contribution in [0.4, 0.5) is 5.69 Å². The molecule has 0 radical (unpaired) electrons. The zero-order chi connectivity index (χ0) is 25.3. The number of carbonyl (C=O) groups is 2. The molecular weight excluding hydrogens is 448 g/mol. The van der Waals surface area contributed by atoms with E-state index in [1.165, 1.54) is 11.1 Å². The van der Waals surface area contributed by atoms with Crippen LogP contribution in [0.2, 0.25) is 0 Å². The summed E-state index contributed by atoms with van der Waals surface area (Å²) in [6, 6.07) is 26.5. The van der Waals surface area contributed by atoms with E-state index >= 15 is 0 Å². The first kappa shape index (κ1) is 25.6. The van der Waals surface area contributed by atoms with E-state index < -0.39 is 0 Å². The molecule has 0 aromatic heterocycles. The van der Waals surface area contributed by atoms with Crippen LogP contribution < -0.4 is 10.6 Å². The van der Waals surface area contributed by atoms with Gasteiger partial charge in [0.25, 0.3) is 0 Å². The van der Waals surface area contributed by atoms with Gasteiger partial charge in [0, 0.05) is 31.9 Å². The predicted octanol–water partition coefficient (Wildman–Crippen LogP) is 4.35. The summed E-state index contributed by atoms with van der Waals surface area (Å²) in [6.07, 6.45) is 0.884. The van der Waals surface area contributed by atoms with E-state index in [1.54, 1.807) is 0 Å². The fourth-order valence-corrected chi connectivity index (χ4v) is 4.62. The normalized spacial score (nSPS) is 15.3. The number of hydrogen-bond acceptors (Lipinski definition) is 4. The second-order valence-electron chi connectivity index (χ2n) is 9.39. The van der Waals surface area contributed by atoms with E-state index in [9.17, 15) is 9.59 Å². The number of nitrogens with one attached hydrogen (secondary N) is 2. The number of amides is 2. The van der Waals surface area contributed by atoms with E-state index in [0.29, 0.717) is 13.1 Å². The molecule has 6 nitrogen and oxygen atoms in total. The second kappa shape index (κ2) is 12.5. The minimum atomic E-state index is -0.0571. The molecule has 0 spiro atoms. The second-order valence-corrected chi connectivity index (χ2v) is 9.39. The Morgan fingerprint density at radius 2 is 1.31 bits per heavy atom. The van der Waals surface area contributed by atoms with Gasteiger partial charge in [0.15, 0.2) is 0 Å². The fraction of sp³-hybridized carbons (Fsp3) is 0.333. The van der Waals surface area contributed by atoms with Crippen LogP contribution in [-0.4, -0.2) is 60.9 Å². The van der Waals surface area contributed by atoms with Crippen LogP contribution in [0.25, 0.3) is 11.1 Å². The first-order valence-corrected chi connectivity index (χ1v) is 12.8. The van der Waals surface area contributed by atoms with Crippen molar-refractivity contribution >= 4 is 17.5 Å².